The number of hydrogen-bond donors (Lipinski definition) is 1. The van der Waals surface area contributed by atoms with Crippen LogP contribution in [0, 0.1) is 16.7 Å². The van der Waals surface area contributed by atoms with Crippen LogP contribution in [-0.4, -0.2) is 27.0 Å². The normalized spacial score (nSPS) is 44.1. The van der Waals surface area contributed by atoms with Crippen LogP contribution in [0.3, 0.4) is 0 Å². The van der Waals surface area contributed by atoms with Crippen molar-refractivity contribution in [2.75, 3.05) is 0 Å². The lowest BCUT2D eigenvalue weighted by atomic mass is 9.42. The van der Waals surface area contributed by atoms with Gasteiger partial charge in [0, 0.05) is 19.3 Å². The van der Waals surface area contributed by atoms with Crippen molar-refractivity contribution in [1.82, 2.24) is 0 Å². The third-order valence-electron chi connectivity index (χ3n) is 6.88. The Kier molecular flexibility index (Phi) is 2.32. The van der Waals surface area contributed by atoms with Crippen LogP contribution >= 0.6 is 0 Å². The van der Waals surface area contributed by atoms with Gasteiger partial charge in [-0.2, -0.15) is 0 Å². The fourth-order valence-corrected chi connectivity index (χ4v) is 7.28. The summed E-state index contributed by atoms with van der Waals surface area (Å²) in [5, 5.41) is 10.9. The fraction of sp³-hybridized carbons (Fsp3) is 0.600. The molecule has 0 saturated heterocycles. The van der Waals surface area contributed by atoms with Gasteiger partial charge in [-0.1, -0.05) is 26.0 Å². The largest absolute Gasteiger partial charge is 0.459 e. The summed E-state index contributed by atoms with van der Waals surface area (Å²) >= 11 is 0. The maximum Gasteiger partial charge on any atom is 0.423 e. The van der Waals surface area contributed by atoms with Crippen molar-refractivity contribution in [1.29, 1.82) is 0 Å². The van der Waals surface area contributed by atoms with Crippen LogP contribution in [0.2, 0.25) is 0 Å². The molecule has 1 aliphatic heterocycles. The van der Waals surface area contributed by atoms with E-state index in [0.29, 0.717) is 27.9 Å². The van der Waals surface area contributed by atoms with E-state index in [4.69, 9.17) is 0 Å². The third-order valence-corrected chi connectivity index (χ3v) is 6.88. The molecule has 0 spiro atoms. The van der Waals surface area contributed by atoms with Crippen LogP contribution in [0.15, 0.2) is 24.3 Å². The molecule has 6 rings (SSSR count). The number of fused-ring (bicyclic) bond motifs is 1. The first-order valence-electron chi connectivity index (χ1n) is 8.83. The Hall–Kier alpha value is -1.64. The molecule has 4 fully saturated rings. The van der Waals surface area contributed by atoms with Gasteiger partial charge in [0.15, 0.2) is 5.54 Å². The summed E-state index contributed by atoms with van der Waals surface area (Å²) in [6.45, 7) is 4.80. The minimum atomic E-state index is -0.177. The van der Waals surface area contributed by atoms with Gasteiger partial charge in [0.25, 0.3) is 0 Å². The summed E-state index contributed by atoms with van der Waals surface area (Å²) < 4.78 is 1.79. The van der Waals surface area contributed by atoms with Gasteiger partial charge in [-0.25, -0.2) is 4.79 Å². The molecule has 4 aliphatic carbocycles. The topological polar surface area (TPSA) is 40.3 Å². The van der Waals surface area contributed by atoms with Crippen LogP contribution in [-0.2, 0) is 0 Å². The minimum Gasteiger partial charge on any atom is -0.459 e. The molecule has 5 aliphatic rings. The maximum absolute atomic E-state index is 13.1. The average molecular weight is 310 g/mol. The number of aliphatic hydroxyl groups is 1. The first-order chi connectivity index (χ1) is 10.8. The van der Waals surface area contributed by atoms with Gasteiger partial charge >= 0.3 is 11.8 Å². The van der Waals surface area contributed by atoms with E-state index in [0.717, 1.165) is 19.3 Å². The number of hydrogen-bond acceptors (Lipinski definition) is 1. The van der Waals surface area contributed by atoms with E-state index >= 15 is 0 Å². The number of benzene rings is 1. The van der Waals surface area contributed by atoms with Crippen molar-refractivity contribution in [3.05, 3.63) is 35.4 Å². The van der Waals surface area contributed by atoms with E-state index in [1.54, 1.807) is 4.58 Å². The lowest BCUT2D eigenvalue weighted by Gasteiger charge is -2.62. The molecule has 2 unspecified atom stereocenters. The Balaban J connectivity index is 1.68. The predicted octanol–water partition coefficient (Wildman–Crippen LogP) is 3.91. The second-order valence-electron chi connectivity index (χ2n) is 9.36. The highest BCUT2D eigenvalue weighted by molar-refractivity contribution is 6.09. The van der Waals surface area contributed by atoms with E-state index in [1.165, 1.54) is 19.3 Å². The van der Waals surface area contributed by atoms with Crippen molar-refractivity contribution < 1.29 is 14.5 Å². The molecule has 120 valence electrons. The van der Waals surface area contributed by atoms with E-state index < -0.39 is 0 Å². The zero-order valence-corrected chi connectivity index (χ0v) is 13.9. The van der Waals surface area contributed by atoms with E-state index in [1.807, 2.05) is 24.3 Å². The SMILES string of the molecule is CC12CC3CC(C)(C1)CC([N+]1=C(O)c4ccccc4C1=O)(C3)C2. The summed E-state index contributed by atoms with van der Waals surface area (Å²) in [4.78, 5) is 13.1. The molecule has 3 nitrogen and oxygen atoms in total. The molecule has 2 atom stereocenters. The Morgan fingerprint density at radius 3 is 2.17 bits per heavy atom. The average Bonchev–Trinajstić information content (AvgIpc) is 2.68. The summed E-state index contributed by atoms with van der Waals surface area (Å²) in [6.07, 6.45) is 6.99. The number of rotatable bonds is 1. The number of aliphatic hydroxyl groups excluding tert-OH is 1. The number of carbonyl (C=O) groups is 1. The van der Waals surface area contributed by atoms with Gasteiger partial charge in [-0.05, 0) is 48.1 Å². The standard InChI is InChI=1S/C20H23NO2/c1-18-7-13-8-19(2,10-18)12-20(9-13,11-18)21-16(22)14-5-3-4-6-15(14)17(21)23/h3-6,13H,7-12H2,1-2H3/p+1. The van der Waals surface area contributed by atoms with Crippen molar-refractivity contribution in [3.63, 3.8) is 0 Å². The molecule has 3 heteroatoms. The lowest BCUT2D eigenvalue weighted by molar-refractivity contribution is -0.554. The monoisotopic (exact) mass is 310 g/mol. The van der Waals surface area contributed by atoms with E-state index in [2.05, 4.69) is 13.8 Å². The molecule has 4 bridgehead atoms. The van der Waals surface area contributed by atoms with Crippen LogP contribution in [0.25, 0.3) is 0 Å². The van der Waals surface area contributed by atoms with Gasteiger partial charge in [-0.15, -0.1) is 4.58 Å². The fourth-order valence-electron chi connectivity index (χ4n) is 7.28. The van der Waals surface area contributed by atoms with Gasteiger partial charge in [0.2, 0.25) is 0 Å². The second-order valence-corrected chi connectivity index (χ2v) is 9.36. The Bertz CT molecular complexity index is 760. The van der Waals surface area contributed by atoms with Gasteiger partial charge in [-0.3, -0.25) is 0 Å². The number of nitrogens with zero attached hydrogens (tertiary/aromatic N) is 1. The molecule has 23 heavy (non-hydrogen) atoms. The molecule has 1 aromatic rings. The van der Waals surface area contributed by atoms with Crippen molar-refractivity contribution in [2.24, 2.45) is 16.7 Å². The molecule has 0 aromatic heterocycles. The van der Waals surface area contributed by atoms with Crippen molar-refractivity contribution in [3.8, 4) is 0 Å². The van der Waals surface area contributed by atoms with Gasteiger partial charge in [0.1, 0.15) is 11.1 Å². The Morgan fingerprint density at radius 2 is 1.61 bits per heavy atom. The van der Waals surface area contributed by atoms with Crippen LogP contribution < -0.4 is 0 Å². The summed E-state index contributed by atoms with van der Waals surface area (Å²) in [6, 6.07) is 7.49. The maximum atomic E-state index is 13.1. The molecular weight excluding hydrogens is 286 g/mol. The van der Waals surface area contributed by atoms with Crippen molar-refractivity contribution >= 4 is 11.8 Å². The first-order valence-corrected chi connectivity index (χ1v) is 8.83. The highest BCUT2D eigenvalue weighted by Crippen LogP contribution is 2.67. The molecule has 0 radical (unpaired) electrons. The van der Waals surface area contributed by atoms with Crippen LogP contribution in [0.5, 0.6) is 0 Å². The van der Waals surface area contributed by atoms with Crippen LogP contribution in [0.4, 0.5) is 0 Å². The molecule has 1 amide bonds. The zero-order chi connectivity index (χ0) is 16.0. The highest BCUT2D eigenvalue weighted by atomic mass is 16.3. The Morgan fingerprint density at radius 1 is 1.00 bits per heavy atom. The van der Waals surface area contributed by atoms with Crippen molar-refractivity contribution in [2.45, 2.75) is 57.9 Å². The smallest absolute Gasteiger partial charge is 0.423 e. The second kappa shape index (κ2) is 3.88. The van der Waals surface area contributed by atoms with Gasteiger partial charge < -0.3 is 5.11 Å². The number of amides is 1. The lowest BCUT2D eigenvalue weighted by Crippen LogP contribution is -2.63. The molecule has 1 aromatic carbocycles. The summed E-state index contributed by atoms with van der Waals surface area (Å²) in [5.74, 6) is 0.901. The molecule has 4 saturated carbocycles. The molecule has 1 heterocycles. The predicted molar refractivity (Wildman–Crippen MR) is 87.9 cm³/mol. The number of carbonyl (C=O) groups excluding carboxylic acids is 1. The molecular formula is C20H24NO2+. The summed E-state index contributed by atoms with van der Waals surface area (Å²) in [5.41, 5.74) is 1.84. The quantitative estimate of drug-likeness (QED) is 0.799. The Labute approximate surface area is 137 Å². The highest BCUT2D eigenvalue weighted by Gasteiger charge is 2.67. The van der Waals surface area contributed by atoms with E-state index in [-0.39, 0.29) is 17.3 Å². The third kappa shape index (κ3) is 1.66. The first kappa shape index (κ1) is 13.8. The zero-order valence-electron chi connectivity index (χ0n) is 13.9. The molecule has 1 N–H and O–H groups in total. The van der Waals surface area contributed by atoms with Gasteiger partial charge in [0.05, 0.1) is 0 Å². The minimum absolute atomic E-state index is 0.00671. The summed E-state index contributed by atoms with van der Waals surface area (Å²) in [7, 11) is 0. The van der Waals surface area contributed by atoms with E-state index in [9.17, 15) is 9.90 Å². The van der Waals surface area contributed by atoms with Crippen LogP contribution in [0.1, 0.15) is 68.3 Å².